The van der Waals surface area contributed by atoms with Gasteiger partial charge in [-0.15, -0.1) is 0 Å². The molecule has 6 nitrogen and oxygen atoms in total. The Hall–Kier alpha value is -1.66. The van der Waals surface area contributed by atoms with E-state index in [1.165, 1.54) is 12.2 Å². The van der Waals surface area contributed by atoms with Crippen molar-refractivity contribution >= 4 is 11.8 Å². The molecular weight excluding hydrogens is 284 g/mol. The standard InChI is InChI=1S/2C8H13NO2/c2*1-2-8(10)9-6-7-4-3-5-11-7/h2*2,7H,1,3-6H2,(H,9,10). The lowest BCUT2D eigenvalue weighted by atomic mass is 10.2. The van der Waals surface area contributed by atoms with E-state index in [4.69, 9.17) is 9.47 Å². The molecule has 124 valence electrons. The van der Waals surface area contributed by atoms with E-state index >= 15 is 0 Å². The van der Waals surface area contributed by atoms with Gasteiger partial charge in [0.1, 0.15) is 0 Å². The number of ether oxygens (including phenoxy) is 2. The topological polar surface area (TPSA) is 76.7 Å². The van der Waals surface area contributed by atoms with Gasteiger partial charge in [0.25, 0.3) is 0 Å². The molecule has 0 saturated carbocycles. The van der Waals surface area contributed by atoms with Crippen LogP contribution in [0.15, 0.2) is 25.3 Å². The van der Waals surface area contributed by atoms with Crippen molar-refractivity contribution < 1.29 is 19.1 Å². The molecule has 0 aromatic rings. The summed E-state index contributed by atoms with van der Waals surface area (Å²) in [6, 6.07) is 0. The van der Waals surface area contributed by atoms with E-state index in [2.05, 4.69) is 23.8 Å². The molecule has 0 aliphatic carbocycles. The monoisotopic (exact) mass is 310 g/mol. The summed E-state index contributed by atoms with van der Waals surface area (Å²) >= 11 is 0. The van der Waals surface area contributed by atoms with Crippen molar-refractivity contribution in [3.8, 4) is 0 Å². The second-order valence-electron chi connectivity index (χ2n) is 5.17. The third-order valence-electron chi connectivity index (χ3n) is 3.43. The highest BCUT2D eigenvalue weighted by molar-refractivity contribution is 5.87. The van der Waals surface area contributed by atoms with Crippen LogP contribution in [0.1, 0.15) is 25.7 Å². The zero-order chi connectivity index (χ0) is 16.2. The Kier molecular flexibility index (Phi) is 9.18. The zero-order valence-electron chi connectivity index (χ0n) is 13.0. The van der Waals surface area contributed by atoms with Gasteiger partial charge >= 0.3 is 0 Å². The van der Waals surface area contributed by atoms with Crippen molar-refractivity contribution in [2.45, 2.75) is 37.9 Å². The fraction of sp³-hybridized carbons (Fsp3) is 0.625. The van der Waals surface area contributed by atoms with Crippen LogP contribution in [0.2, 0.25) is 0 Å². The van der Waals surface area contributed by atoms with Gasteiger partial charge in [0.05, 0.1) is 12.2 Å². The van der Waals surface area contributed by atoms with Crippen LogP contribution in [0.5, 0.6) is 0 Å². The maximum Gasteiger partial charge on any atom is 0.243 e. The number of nitrogens with one attached hydrogen (secondary N) is 2. The van der Waals surface area contributed by atoms with Crippen LogP contribution in [-0.2, 0) is 19.1 Å². The van der Waals surface area contributed by atoms with E-state index in [1.54, 1.807) is 0 Å². The quantitative estimate of drug-likeness (QED) is 0.716. The first kappa shape index (κ1) is 18.4. The number of hydrogen-bond donors (Lipinski definition) is 2. The van der Waals surface area contributed by atoms with Gasteiger partial charge in [0.15, 0.2) is 0 Å². The van der Waals surface area contributed by atoms with Gasteiger partial charge in [-0.05, 0) is 37.8 Å². The molecular formula is C16H26N2O4. The van der Waals surface area contributed by atoms with Crippen LogP contribution >= 0.6 is 0 Å². The number of amides is 2. The van der Waals surface area contributed by atoms with Crippen LogP contribution in [0, 0.1) is 0 Å². The molecule has 22 heavy (non-hydrogen) atoms. The fourth-order valence-corrected chi connectivity index (χ4v) is 2.18. The Morgan fingerprint density at radius 1 is 0.909 bits per heavy atom. The van der Waals surface area contributed by atoms with E-state index in [0.29, 0.717) is 13.1 Å². The Balaban J connectivity index is 0.000000220. The molecule has 2 saturated heterocycles. The summed E-state index contributed by atoms with van der Waals surface area (Å²) in [6.45, 7) is 9.59. The summed E-state index contributed by atoms with van der Waals surface area (Å²) in [5, 5.41) is 5.38. The normalized spacial score (nSPS) is 23.1. The second kappa shape index (κ2) is 11.0. The molecule has 0 spiro atoms. The summed E-state index contributed by atoms with van der Waals surface area (Å²) in [6.07, 6.45) is 7.31. The minimum absolute atomic E-state index is 0.125. The second-order valence-corrected chi connectivity index (χ2v) is 5.17. The summed E-state index contributed by atoms with van der Waals surface area (Å²) in [5.41, 5.74) is 0. The minimum Gasteiger partial charge on any atom is -0.376 e. The molecule has 2 amide bonds. The minimum atomic E-state index is -0.125. The van der Waals surface area contributed by atoms with Crippen molar-refractivity contribution in [1.29, 1.82) is 0 Å². The molecule has 2 unspecified atom stereocenters. The summed E-state index contributed by atoms with van der Waals surface area (Å²) in [7, 11) is 0. The number of rotatable bonds is 6. The molecule has 2 N–H and O–H groups in total. The van der Waals surface area contributed by atoms with Crippen LogP contribution < -0.4 is 10.6 Å². The van der Waals surface area contributed by atoms with E-state index in [1.807, 2.05) is 0 Å². The largest absolute Gasteiger partial charge is 0.376 e. The first-order chi connectivity index (χ1) is 10.7. The Morgan fingerprint density at radius 2 is 1.32 bits per heavy atom. The lowest BCUT2D eigenvalue weighted by molar-refractivity contribution is -0.117. The lowest BCUT2D eigenvalue weighted by Gasteiger charge is -2.08. The first-order valence-electron chi connectivity index (χ1n) is 7.69. The summed E-state index contributed by atoms with van der Waals surface area (Å²) in [5.74, 6) is -0.249. The van der Waals surface area contributed by atoms with Gasteiger partial charge in [-0.2, -0.15) is 0 Å². The molecule has 0 aromatic carbocycles. The average Bonchev–Trinajstić information content (AvgIpc) is 3.24. The molecule has 2 rings (SSSR count). The molecule has 2 aliphatic rings. The highest BCUT2D eigenvalue weighted by Gasteiger charge is 2.15. The van der Waals surface area contributed by atoms with Gasteiger partial charge < -0.3 is 20.1 Å². The smallest absolute Gasteiger partial charge is 0.243 e. The van der Waals surface area contributed by atoms with E-state index in [9.17, 15) is 9.59 Å². The Bertz CT molecular complexity index is 336. The molecule has 0 bridgehead atoms. The van der Waals surface area contributed by atoms with Crippen molar-refractivity contribution in [2.24, 2.45) is 0 Å². The van der Waals surface area contributed by atoms with Gasteiger partial charge in [0.2, 0.25) is 11.8 Å². The molecule has 2 fully saturated rings. The predicted molar refractivity (Wildman–Crippen MR) is 84.4 cm³/mol. The molecule has 0 radical (unpaired) electrons. The van der Waals surface area contributed by atoms with Crippen molar-refractivity contribution in [1.82, 2.24) is 10.6 Å². The third kappa shape index (κ3) is 7.95. The highest BCUT2D eigenvalue weighted by Crippen LogP contribution is 2.10. The van der Waals surface area contributed by atoms with Crippen LogP contribution in [-0.4, -0.2) is 50.3 Å². The molecule has 2 atom stereocenters. The lowest BCUT2D eigenvalue weighted by Crippen LogP contribution is -2.30. The number of carbonyl (C=O) groups excluding carboxylic acids is 2. The van der Waals surface area contributed by atoms with Gasteiger partial charge in [0, 0.05) is 26.3 Å². The Labute approximate surface area is 131 Å². The molecule has 2 heterocycles. The molecule has 0 aromatic heterocycles. The number of hydrogen-bond acceptors (Lipinski definition) is 4. The molecule has 6 heteroatoms. The van der Waals surface area contributed by atoms with Crippen molar-refractivity contribution in [3.63, 3.8) is 0 Å². The van der Waals surface area contributed by atoms with Gasteiger partial charge in [-0.1, -0.05) is 13.2 Å². The third-order valence-corrected chi connectivity index (χ3v) is 3.43. The van der Waals surface area contributed by atoms with Crippen LogP contribution in [0.25, 0.3) is 0 Å². The molecule has 2 aliphatic heterocycles. The predicted octanol–water partition coefficient (Wildman–Crippen LogP) is 0.935. The van der Waals surface area contributed by atoms with Gasteiger partial charge in [-0.25, -0.2) is 0 Å². The summed E-state index contributed by atoms with van der Waals surface area (Å²) in [4.78, 5) is 21.4. The zero-order valence-corrected chi connectivity index (χ0v) is 13.0. The maximum atomic E-state index is 10.7. The fourth-order valence-electron chi connectivity index (χ4n) is 2.18. The van der Waals surface area contributed by atoms with Crippen LogP contribution in [0.3, 0.4) is 0 Å². The van der Waals surface area contributed by atoms with Crippen LogP contribution in [0.4, 0.5) is 0 Å². The van der Waals surface area contributed by atoms with E-state index < -0.39 is 0 Å². The highest BCUT2D eigenvalue weighted by atomic mass is 16.5. The maximum absolute atomic E-state index is 10.7. The first-order valence-corrected chi connectivity index (χ1v) is 7.69. The van der Waals surface area contributed by atoms with E-state index in [0.717, 1.165) is 38.9 Å². The van der Waals surface area contributed by atoms with Crippen molar-refractivity contribution in [2.75, 3.05) is 26.3 Å². The number of carbonyl (C=O) groups is 2. The van der Waals surface area contributed by atoms with Crippen molar-refractivity contribution in [3.05, 3.63) is 25.3 Å². The van der Waals surface area contributed by atoms with Gasteiger partial charge in [-0.3, -0.25) is 9.59 Å². The Morgan fingerprint density at radius 3 is 1.59 bits per heavy atom. The SMILES string of the molecule is C=CC(=O)NCC1CCCO1.C=CC(=O)NCC1CCCO1. The van der Waals surface area contributed by atoms with E-state index in [-0.39, 0.29) is 24.0 Å². The average molecular weight is 310 g/mol. The summed E-state index contributed by atoms with van der Waals surface area (Å²) < 4.78 is 10.6.